The van der Waals surface area contributed by atoms with Crippen LogP contribution in [0, 0.1) is 6.92 Å². The smallest absolute Gasteiger partial charge is 0.244 e. The largest absolute Gasteiger partial charge is 0.362 e. The van der Waals surface area contributed by atoms with Gasteiger partial charge in [-0.15, -0.1) is 0 Å². The fourth-order valence-corrected chi connectivity index (χ4v) is 2.93. The monoisotopic (exact) mass is 367 g/mol. The molecule has 0 fully saturated rings. The highest BCUT2D eigenvalue weighted by molar-refractivity contribution is 5.95. The number of amides is 2. The Balaban J connectivity index is 2.01. The first-order valence-electron chi connectivity index (χ1n) is 9.48. The number of hydrogen-bond acceptors (Lipinski definition) is 3. The van der Waals surface area contributed by atoms with E-state index in [0.29, 0.717) is 6.54 Å². The molecular weight excluding hydrogens is 338 g/mol. The molecule has 0 atom stereocenters. The lowest BCUT2D eigenvalue weighted by molar-refractivity contribution is -0.133. The molecule has 5 heteroatoms. The maximum absolute atomic E-state index is 12.8. The summed E-state index contributed by atoms with van der Waals surface area (Å²) < 4.78 is 0. The Kier molecular flexibility index (Phi) is 7.86. The summed E-state index contributed by atoms with van der Waals surface area (Å²) in [6.45, 7) is 7.59. The van der Waals surface area contributed by atoms with Crippen LogP contribution in [0.25, 0.3) is 0 Å². The molecule has 2 amide bonds. The van der Waals surface area contributed by atoms with Crippen LogP contribution in [0.2, 0.25) is 0 Å². The van der Waals surface area contributed by atoms with Crippen molar-refractivity contribution in [1.82, 2.24) is 4.90 Å². The highest BCUT2D eigenvalue weighted by Crippen LogP contribution is 2.14. The predicted octanol–water partition coefficient (Wildman–Crippen LogP) is 3.70. The quantitative estimate of drug-likeness (QED) is 0.735. The summed E-state index contributed by atoms with van der Waals surface area (Å²) >= 11 is 0. The van der Waals surface area contributed by atoms with Crippen molar-refractivity contribution in [3.05, 3.63) is 60.2 Å². The first kappa shape index (κ1) is 20.5. The minimum absolute atomic E-state index is 0.0394. The van der Waals surface area contributed by atoms with Gasteiger partial charge in [0.05, 0.1) is 13.1 Å². The number of hydrogen-bond donors (Lipinski definition) is 1. The van der Waals surface area contributed by atoms with Gasteiger partial charge in [-0.05, 0) is 44.0 Å². The minimum atomic E-state index is -0.172. The van der Waals surface area contributed by atoms with Crippen LogP contribution in [-0.4, -0.2) is 42.9 Å². The van der Waals surface area contributed by atoms with Crippen LogP contribution < -0.4 is 10.2 Å². The summed E-state index contributed by atoms with van der Waals surface area (Å²) in [5.41, 5.74) is 2.79. The molecule has 0 bridgehead atoms. The zero-order valence-corrected chi connectivity index (χ0v) is 16.4. The van der Waals surface area contributed by atoms with Gasteiger partial charge >= 0.3 is 0 Å². The Morgan fingerprint density at radius 2 is 1.59 bits per heavy atom. The molecule has 0 aliphatic carbocycles. The predicted molar refractivity (Wildman–Crippen MR) is 111 cm³/mol. The average Bonchev–Trinajstić information content (AvgIpc) is 2.68. The van der Waals surface area contributed by atoms with E-state index in [1.807, 2.05) is 80.3 Å². The van der Waals surface area contributed by atoms with Crippen LogP contribution >= 0.6 is 0 Å². The third-order valence-corrected chi connectivity index (χ3v) is 4.43. The van der Waals surface area contributed by atoms with Crippen LogP contribution in [0.3, 0.4) is 0 Å². The summed E-state index contributed by atoms with van der Waals surface area (Å²) in [6, 6.07) is 17.5. The molecule has 5 nitrogen and oxygen atoms in total. The molecule has 0 spiro atoms. The number of nitrogens with zero attached hydrogens (tertiary/aromatic N) is 2. The molecular formula is C22H29N3O2. The van der Waals surface area contributed by atoms with Gasteiger partial charge in [-0.3, -0.25) is 9.59 Å². The first-order valence-corrected chi connectivity index (χ1v) is 9.48. The van der Waals surface area contributed by atoms with Gasteiger partial charge in [0, 0.05) is 24.5 Å². The molecule has 0 radical (unpaired) electrons. The normalized spacial score (nSPS) is 10.3. The van der Waals surface area contributed by atoms with E-state index in [-0.39, 0.29) is 24.9 Å². The van der Waals surface area contributed by atoms with Crippen molar-refractivity contribution in [2.45, 2.75) is 27.2 Å². The number of aryl methyl sites for hydroxylation is 1. The van der Waals surface area contributed by atoms with Gasteiger partial charge in [-0.2, -0.15) is 0 Å². The molecule has 144 valence electrons. The van der Waals surface area contributed by atoms with Gasteiger partial charge in [0.25, 0.3) is 0 Å². The highest BCUT2D eigenvalue weighted by atomic mass is 16.2. The number of carbonyl (C=O) groups excluding carboxylic acids is 2. The Labute approximate surface area is 162 Å². The van der Waals surface area contributed by atoms with Crippen LogP contribution in [0.1, 0.15) is 25.8 Å². The molecule has 0 heterocycles. The molecule has 0 aliphatic heterocycles. The highest BCUT2D eigenvalue weighted by Gasteiger charge is 2.19. The number of nitrogens with one attached hydrogen (secondary N) is 1. The lowest BCUT2D eigenvalue weighted by Gasteiger charge is -2.27. The third kappa shape index (κ3) is 6.13. The fourth-order valence-electron chi connectivity index (χ4n) is 2.93. The topological polar surface area (TPSA) is 52.7 Å². The Morgan fingerprint density at radius 3 is 2.22 bits per heavy atom. The van der Waals surface area contributed by atoms with Crippen molar-refractivity contribution in [2.75, 3.05) is 36.4 Å². The molecule has 1 N–H and O–H groups in total. The summed E-state index contributed by atoms with van der Waals surface area (Å²) in [6.07, 6.45) is 0.806. The van der Waals surface area contributed by atoms with E-state index < -0.39 is 0 Å². The van der Waals surface area contributed by atoms with Crippen molar-refractivity contribution in [2.24, 2.45) is 0 Å². The minimum Gasteiger partial charge on any atom is -0.362 e. The summed E-state index contributed by atoms with van der Waals surface area (Å²) in [5, 5.41) is 2.91. The van der Waals surface area contributed by atoms with E-state index >= 15 is 0 Å². The van der Waals surface area contributed by atoms with Crippen molar-refractivity contribution >= 4 is 23.2 Å². The second-order valence-corrected chi connectivity index (χ2v) is 6.53. The number of para-hydroxylation sites is 2. The molecule has 27 heavy (non-hydrogen) atoms. The van der Waals surface area contributed by atoms with Crippen molar-refractivity contribution in [1.29, 1.82) is 0 Å². The van der Waals surface area contributed by atoms with Crippen LogP contribution in [0.4, 0.5) is 11.4 Å². The van der Waals surface area contributed by atoms with E-state index in [2.05, 4.69) is 5.32 Å². The zero-order valence-electron chi connectivity index (χ0n) is 16.4. The summed E-state index contributed by atoms with van der Waals surface area (Å²) in [4.78, 5) is 29.0. The van der Waals surface area contributed by atoms with E-state index in [1.165, 1.54) is 0 Å². The third-order valence-electron chi connectivity index (χ3n) is 4.43. The fraction of sp³-hybridized carbons (Fsp3) is 0.364. The lowest BCUT2D eigenvalue weighted by atomic mass is 10.2. The van der Waals surface area contributed by atoms with E-state index in [1.54, 1.807) is 4.90 Å². The van der Waals surface area contributed by atoms with E-state index in [0.717, 1.165) is 29.9 Å². The first-order chi connectivity index (χ1) is 13.0. The van der Waals surface area contributed by atoms with Gasteiger partial charge in [0.15, 0.2) is 0 Å². The van der Waals surface area contributed by atoms with Gasteiger partial charge in [0.2, 0.25) is 11.8 Å². The van der Waals surface area contributed by atoms with E-state index in [4.69, 9.17) is 0 Å². The second-order valence-electron chi connectivity index (χ2n) is 6.53. The van der Waals surface area contributed by atoms with Gasteiger partial charge in [-0.25, -0.2) is 0 Å². The SMILES string of the molecule is CCCN(CC(=O)Nc1ccccc1C)C(=O)CN(CC)c1ccccc1. The number of rotatable bonds is 9. The summed E-state index contributed by atoms with van der Waals surface area (Å²) in [5.74, 6) is -0.212. The van der Waals surface area contributed by atoms with Crippen LogP contribution in [-0.2, 0) is 9.59 Å². The molecule has 2 rings (SSSR count). The molecule has 0 saturated carbocycles. The van der Waals surface area contributed by atoms with E-state index in [9.17, 15) is 9.59 Å². The standard InChI is InChI=1S/C22H29N3O2/c1-4-15-25(16-21(26)23-20-14-10-9-11-18(20)3)22(27)17-24(5-2)19-12-7-6-8-13-19/h6-14H,4-5,15-17H2,1-3H3,(H,23,26). The number of benzene rings is 2. The van der Waals surface area contributed by atoms with Crippen molar-refractivity contribution in [3.8, 4) is 0 Å². The van der Waals surface area contributed by atoms with Crippen LogP contribution in [0.5, 0.6) is 0 Å². The average molecular weight is 367 g/mol. The summed E-state index contributed by atoms with van der Waals surface area (Å²) in [7, 11) is 0. The van der Waals surface area contributed by atoms with Gasteiger partial charge < -0.3 is 15.1 Å². The number of anilines is 2. The molecule has 0 aromatic heterocycles. The van der Waals surface area contributed by atoms with Gasteiger partial charge in [-0.1, -0.05) is 43.3 Å². The number of carbonyl (C=O) groups is 2. The Bertz CT molecular complexity index is 746. The van der Waals surface area contributed by atoms with Crippen molar-refractivity contribution < 1.29 is 9.59 Å². The maximum Gasteiger partial charge on any atom is 0.244 e. The Morgan fingerprint density at radius 1 is 0.926 bits per heavy atom. The van der Waals surface area contributed by atoms with Gasteiger partial charge in [0.1, 0.15) is 0 Å². The van der Waals surface area contributed by atoms with Crippen LogP contribution in [0.15, 0.2) is 54.6 Å². The molecule has 2 aromatic carbocycles. The molecule has 0 saturated heterocycles. The molecule has 2 aromatic rings. The molecule has 0 aliphatic rings. The Hall–Kier alpha value is -2.82. The lowest BCUT2D eigenvalue weighted by Crippen LogP contribution is -2.44. The zero-order chi connectivity index (χ0) is 19.6. The maximum atomic E-state index is 12.8. The second kappa shape index (κ2) is 10.4. The molecule has 0 unspecified atom stereocenters. The van der Waals surface area contributed by atoms with Crippen molar-refractivity contribution in [3.63, 3.8) is 0 Å². The number of likely N-dealkylation sites (N-methyl/N-ethyl adjacent to an activating group) is 1.